The van der Waals surface area contributed by atoms with Crippen LogP contribution in [0, 0.1) is 0 Å². The summed E-state index contributed by atoms with van der Waals surface area (Å²) in [6.07, 6.45) is 1.08. The van der Waals surface area contributed by atoms with Crippen molar-refractivity contribution in [2.75, 3.05) is 20.9 Å². The zero-order valence-corrected chi connectivity index (χ0v) is 22.8. The number of benzene rings is 3. The number of anilines is 4. The molecule has 0 saturated carbocycles. The molecule has 198 valence electrons. The number of nitrogens with zero attached hydrogens (tertiary/aromatic N) is 1. The molecule has 0 radical (unpaired) electrons. The zero-order valence-electron chi connectivity index (χ0n) is 21.2. The van der Waals surface area contributed by atoms with Gasteiger partial charge in [-0.05, 0) is 90.5 Å². The molecule has 39 heavy (non-hydrogen) atoms. The summed E-state index contributed by atoms with van der Waals surface area (Å²) in [5, 5.41) is 11.5. The van der Waals surface area contributed by atoms with Crippen molar-refractivity contribution in [2.45, 2.75) is 32.4 Å². The van der Waals surface area contributed by atoms with Gasteiger partial charge in [0.2, 0.25) is 11.8 Å². The first-order valence-electron chi connectivity index (χ1n) is 12.6. The number of halogens is 1. The Balaban J connectivity index is 1.19. The Morgan fingerprint density at radius 2 is 1.62 bits per heavy atom. The maximum atomic E-state index is 12.8. The normalized spacial score (nSPS) is 13.4. The van der Waals surface area contributed by atoms with Crippen LogP contribution in [0.25, 0.3) is 0 Å². The van der Waals surface area contributed by atoms with E-state index >= 15 is 0 Å². The first-order valence-corrected chi connectivity index (χ1v) is 13.8. The standard InChI is InChI=1S/C30H27ClN4O3S/c1-19(29(37)33-23-9-11-24(12-10-23)34-30(38)27-3-2-16-39-27)32-25-13-14-26-21(17-25)6-15-28(36)35(26)18-20-4-7-22(31)8-5-20/h2-5,7-14,16-17,19,32H,6,15,18H2,1H3,(H,33,37)(H,34,38). The van der Waals surface area contributed by atoms with Crippen molar-refractivity contribution in [1.29, 1.82) is 0 Å². The van der Waals surface area contributed by atoms with Crippen molar-refractivity contribution >= 4 is 63.4 Å². The number of aryl methyl sites for hydroxylation is 1. The van der Waals surface area contributed by atoms with Gasteiger partial charge in [0.1, 0.15) is 6.04 Å². The van der Waals surface area contributed by atoms with E-state index < -0.39 is 6.04 Å². The average molecular weight is 559 g/mol. The molecule has 0 aliphatic carbocycles. The Hall–Kier alpha value is -4.14. The van der Waals surface area contributed by atoms with Gasteiger partial charge in [-0.25, -0.2) is 0 Å². The molecule has 9 heteroatoms. The number of fused-ring (bicyclic) bond motifs is 1. The second-order valence-corrected chi connectivity index (χ2v) is 10.7. The van der Waals surface area contributed by atoms with E-state index in [0.29, 0.717) is 40.7 Å². The molecule has 7 nitrogen and oxygen atoms in total. The fourth-order valence-electron chi connectivity index (χ4n) is 4.40. The molecule has 4 aromatic rings. The maximum absolute atomic E-state index is 12.8. The Bertz CT molecular complexity index is 1490. The summed E-state index contributed by atoms with van der Waals surface area (Å²) in [4.78, 5) is 40.2. The zero-order chi connectivity index (χ0) is 27.4. The van der Waals surface area contributed by atoms with Gasteiger partial charge in [0.05, 0.1) is 11.4 Å². The van der Waals surface area contributed by atoms with Gasteiger partial charge in [-0.15, -0.1) is 11.3 Å². The summed E-state index contributed by atoms with van der Waals surface area (Å²) in [7, 11) is 0. The summed E-state index contributed by atoms with van der Waals surface area (Å²) < 4.78 is 0. The van der Waals surface area contributed by atoms with Gasteiger partial charge >= 0.3 is 0 Å². The highest BCUT2D eigenvalue weighted by Gasteiger charge is 2.25. The molecule has 3 N–H and O–H groups in total. The Labute approximate surface area is 235 Å². The highest BCUT2D eigenvalue weighted by molar-refractivity contribution is 7.12. The number of thiophene rings is 1. The van der Waals surface area contributed by atoms with E-state index in [1.165, 1.54) is 11.3 Å². The molecular weight excluding hydrogens is 532 g/mol. The number of amides is 3. The molecular formula is C30H27ClN4O3S. The van der Waals surface area contributed by atoms with E-state index in [4.69, 9.17) is 11.6 Å². The summed E-state index contributed by atoms with van der Waals surface area (Å²) in [6, 6.07) is 23.4. The minimum Gasteiger partial charge on any atom is -0.374 e. The van der Waals surface area contributed by atoms with E-state index in [2.05, 4.69) is 16.0 Å². The molecule has 0 saturated heterocycles. The minimum absolute atomic E-state index is 0.0861. The first-order chi connectivity index (χ1) is 18.9. The molecule has 3 amide bonds. The van der Waals surface area contributed by atoms with Crippen molar-refractivity contribution in [3.63, 3.8) is 0 Å². The van der Waals surface area contributed by atoms with Crippen LogP contribution in [0.5, 0.6) is 0 Å². The Kier molecular flexibility index (Phi) is 7.95. The quantitative estimate of drug-likeness (QED) is 0.228. The number of carbonyl (C=O) groups is 3. The van der Waals surface area contributed by atoms with E-state index in [0.717, 1.165) is 22.5 Å². The minimum atomic E-state index is -0.503. The van der Waals surface area contributed by atoms with Crippen LogP contribution in [0.3, 0.4) is 0 Å². The van der Waals surface area contributed by atoms with Gasteiger partial charge in [-0.1, -0.05) is 29.8 Å². The van der Waals surface area contributed by atoms with Crippen LogP contribution >= 0.6 is 22.9 Å². The number of carbonyl (C=O) groups excluding carboxylic acids is 3. The molecule has 0 fully saturated rings. The van der Waals surface area contributed by atoms with Gasteiger partial charge in [0.15, 0.2) is 0 Å². The van der Waals surface area contributed by atoms with Crippen LogP contribution in [0.2, 0.25) is 5.02 Å². The topological polar surface area (TPSA) is 90.5 Å². The molecule has 3 aromatic carbocycles. The molecule has 1 aliphatic heterocycles. The third-order valence-electron chi connectivity index (χ3n) is 6.47. The fraction of sp³-hybridized carbons (Fsp3) is 0.167. The third-order valence-corrected chi connectivity index (χ3v) is 7.59. The second-order valence-electron chi connectivity index (χ2n) is 9.31. The van der Waals surface area contributed by atoms with Crippen LogP contribution in [0.15, 0.2) is 84.2 Å². The monoisotopic (exact) mass is 558 g/mol. The van der Waals surface area contributed by atoms with Crippen molar-refractivity contribution in [3.8, 4) is 0 Å². The predicted molar refractivity (Wildman–Crippen MR) is 158 cm³/mol. The summed E-state index contributed by atoms with van der Waals surface area (Å²) >= 11 is 7.38. The Morgan fingerprint density at radius 3 is 2.31 bits per heavy atom. The number of nitrogens with one attached hydrogen (secondary N) is 3. The lowest BCUT2D eigenvalue weighted by molar-refractivity contribution is -0.119. The smallest absolute Gasteiger partial charge is 0.265 e. The maximum Gasteiger partial charge on any atom is 0.265 e. The van der Waals surface area contributed by atoms with Gasteiger partial charge in [-0.2, -0.15) is 0 Å². The Morgan fingerprint density at radius 1 is 0.923 bits per heavy atom. The van der Waals surface area contributed by atoms with E-state index in [1.807, 2.05) is 53.9 Å². The second kappa shape index (κ2) is 11.7. The van der Waals surface area contributed by atoms with E-state index in [1.54, 1.807) is 42.2 Å². The van der Waals surface area contributed by atoms with Crippen molar-refractivity contribution in [2.24, 2.45) is 0 Å². The number of hydrogen-bond acceptors (Lipinski definition) is 5. The molecule has 1 atom stereocenters. The van der Waals surface area contributed by atoms with Gasteiger partial charge < -0.3 is 20.9 Å². The number of rotatable bonds is 8. The SMILES string of the molecule is CC(Nc1ccc2c(c1)CCC(=O)N2Cc1ccc(Cl)cc1)C(=O)Nc1ccc(NC(=O)c2cccs2)cc1. The predicted octanol–water partition coefficient (Wildman–Crippen LogP) is 6.57. The van der Waals surface area contributed by atoms with E-state index in [9.17, 15) is 14.4 Å². The van der Waals surface area contributed by atoms with Crippen LogP contribution in [-0.2, 0) is 22.6 Å². The largest absolute Gasteiger partial charge is 0.374 e. The molecule has 0 spiro atoms. The molecule has 5 rings (SSSR count). The van der Waals surface area contributed by atoms with Gasteiger partial charge in [0.25, 0.3) is 5.91 Å². The lowest BCUT2D eigenvalue weighted by Crippen LogP contribution is -2.35. The van der Waals surface area contributed by atoms with Crippen molar-refractivity contribution in [1.82, 2.24) is 0 Å². The van der Waals surface area contributed by atoms with Gasteiger partial charge in [0, 0.05) is 34.2 Å². The molecule has 1 aromatic heterocycles. The highest BCUT2D eigenvalue weighted by Crippen LogP contribution is 2.32. The molecule has 1 aliphatic rings. The van der Waals surface area contributed by atoms with Crippen LogP contribution in [-0.4, -0.2) is 23.8 Å². The van der Waals surface area contributed by atoms with E-state index in [-0.39, 0.29) is 17.7 Å². The molecule has 2 heterocycles. The summed E-state index contributed by atoms with van der Waals surface area (Å²) in [6.45, 7) is 2.27. The lowest BCUT2D eigenvalue weighted by Gasteiger charge is -2.30. The third kappa shape index (κ3) is 6.47. The van der Waals surface area contributed by atoms with Crippen molar-refractivity contribution in [3.05, 3.63) is 105 Å². The van der Waals surface area contributed by atoms with Crippen LogP contribution in [0.4, 0.5) is 22.7 Å². The molecule has 1 unspecified atom stereocenters. The van der Waals surface area contributed by atoms with Crippen molar-refractivity contribution < 1.29 is 14.4 Å². The molecule has 0 bridgehead atoms. The first kappa shape index (κ1) is 26.5. The van der Waals surface area contributed by atoms with Crippen LogP contribution < -0.4 is 20.9 Å². The summed E-state index contributed by atoms with van der Waals surface area (Å²) in [5.41, 5.74) is 5.03. The number of hydrogen-bond donors (Lipinski definition) is 3. The average Bonchev–Trinajstić information content (AvgIpc) is 3.48. The highest BCUT2D eigenvalue weighted by atomic mass is 35.5. The van der Waals surface area contributed by atoms with Gasteiger partial charge in [-0.3, -0.25) is 14.4 Å². The fourth-order valence-corrected chi connectivity index (χ4v) is 5.14. The van der Waals surface area contributed by atoms with Crippen LogP contribution in [0.1, 0.15) is 34.1 Å². The summed E-state index contributed by atoms with van der Waals surface area (Å²) in [5.74, 6) is -0.271. The lowest BCUT2D eigenvalue weighted by atomic mass is 9.99.